The maximum atomic E-state index is 11.6. The topological polar surface area (TPSA) is 94.6 Å². The summed E-state index contributed by atoms with van der Waals surface area (Å²) in [4.78, 5) is 21.9. The minimum Gasteiger partial charge on any atom is -0.487 e. The molecule has 0 aliphatic carbocycles. The normalized spacial score (nSPS) is 10.2. The van der Waals surface area contributed by atoms with E-state index in [9.17, 15) is 14.9 Å². The van der Waals surface area contributed by atoms with E-state index in [1.807, 2.05) is 0 Å². The third-order valence-electron chi connectivity index (χ3n) is 2.91. The van der Waals surface area contributed by atoms with Gasteiger partial charge < -0.3 is 14.5 Å². The van der Waals surface area contributed by atoms with E-state index < -0.39 is 4.92 Å². The Hall–Kier alpha value is -2.83. The summed E-state index contributed by atoms with van der Waals surface area (Å²) in [5.41, 5.74) is -0.0789. The van der Waals surface area contributed by atoms with Crippen LogP contribution in [0.3, 0.4) is 0 Å². The lowest BCUT2D eigenvalue weighted by molar-refractivity contribution is -0.385. The highest BCUT2D eigenvalue weighted by atomic mass is 16.6. The highest BCUT2D eigenvalue weighted by Crippen LogP contribution is 2.25. The van der Waals surface area contributed by atoms with Gasteiger partial charge in [0, 0.05) is 12.5 Å². The lowest BCUT2D eigenvalue weighted by Gasteiger charge is -2.06. The molecular weight excluding hydrogens is 288 g/mol. The quantitative estimate of drug-likeness (QED) is 0.459. The van der Waals surface area contributed by atoms with Crippen LogP contribution in [0, 0.1) is 10.1 Å². The van der Waals surface area contributed by atoms with Crippen molar-refractivity contribution in [3.05, 3.63) is 58.5 Å². The third-order valence-corrected chi connectivity index (χ3v) is 2.91. The van der Waals surface area contributed by atoms with Crippen molar-refractivity contribution in [3.8, 4) is 5.75 Å². The van der Waals surface area contributed by atoms with Gasteiger partial charge in [-0.05, 0) is 24.6 Å². The summed E-state index contributed by atoms with van der Waals surface area (Å²) in [6, 6.07) is 9.69. The van der Waals surface area contributed by atoms with E-state index in [4.69, 9.17) is 9.15 Å². The Bertz CT molecular complexity index is 625. The molecule has 2 aromatic rings. The van der Waals surface area contributed by atoms with Crippen molar-refractivity contribution in [1.82, 2.24) is 5.32 Å². The van der Waals surface area contributed by atoms with Crippen LogP contribution >= 0.6 is 0 Å². The smallest absolute Gasteiger partial charge is 0.310 e. The highest BCUT2D eigenvalue weighted by molar-refractivity contribution is 5.75. The van der Waals surface area contributed by atoms with Gasteiger partial charge in [-0.15, -0.1) is 0 Å². The molecule has 7 nitrogen and oxygen atoms in total. The zero-order chi connectivity index (χ0) is 15.8. The third kappa shape index (κ3) is 4.62. The number of ether oxygens (including phenoxy) is 1. The van der Waals surface area contributed by atoms with Gasteiger partial charge in [0.1, 0.15) is 5.76 Å². The average Bonchev–Trinajstić information content (AvgIpc) is 3.03. The second-order valence-electron chi connectivity index (χ2n) is 4.53. The Morgan fingerprint density at radius 3 is 2.82 bits per heavy atom. The number of para-hydroxylation sites is 2. The van der Waals surface area contributed by atoms with Crippen LogP contribution in [0.25, 0.3) is 0 Å². The van der Waals surface area contributed by atoms with Crippen molar-refractivity contribution in [2.45, 2.75) is 19.4 Å². The molecule has 0 radical (unpaired) electrons. The lowest BCUT2D eigenvalue weighted by Crippen LogP contribution is -2.22. The van der Waals surface area contributed by atoms with Gasteiger partial charge in [0.05, 0.1) is 24.3 Å². The van der Waals surface area contributed by atoms with Crippen LogP contribution in [0.2, 0.25) is 0 Å². The number of hydrogen-bond donors (Lipinski definition) is 1. The van der Waals surface area contributed by atoms with Crippen LogP contribution in [0.5, 0.6) is 5.75 Å². The number of nitrogens with one attached hydrogen (secondary N) is 1. The molecule has 1 amide bonds. The van der Waals surface area contributed by atoms with E-state index in [0.29, 0.717) is 18.7 Å². The number of rotatable bonds is 8. The molecule has 0 aliphatic heterocycles. The molecule has 7 heteroatoms. The minimum atomic E-state index is -0.495. The predicted octanol–water partition coefficient (Wildman–Crippen LogP) is 2.66. The molecule has 0 aliphatic rings. The fraction of sp³-hybridized carbons (Fsp3) is 0.267. The second kappa shape index (κ2) is 7.82. The standard InChI is InChI=1S/C15H16N2O5/c18-15(16-11-12-5-3-9-21-12)8-4-10-22-14-7-2-1-6-13(14)17(19)20/h1-3,5-7,9H,4,8,10-11H2,(H,16,18). The summed E-state index contributed by atoms with van der Waals surface area (Å²) in [5.74, 6) is 0.774. The van der Waals surface area contributed by atoms with Crippen LogP contribution in [0.1, 0.15) is 18.6 Å². The Kier molecular flexibility index (Phi) is 5.53. The molecule has 0 saturated carbocycles. The van der Waals surface area contributed by atoms with Crippen LogP contribution < -0.4 is 10.1 Å². The summed E-state index contributed by atoms with van der Waals surface area (Å²) >= 11 is 0. The van der Waals surface area contributed by atoms with Gasteiger partial charge in [0.2, 0.25) is 5.91 Å². The first-order valence-electron chi connectivity index (χ1n) is 6.82. The minimum absolute atomic E-state index is 0.0789. The van der Waals surface area contributed by atoms with Crippen LogP contribution in [-0.4, -0.2) is 17.4 Å². The highest BCUT2D eigenvalue weighted by Gasteiger charge is 2.13. The number of amides is 1. The molecule has 1 heterocycles. The predicted molar refractivity (Wildman–Crippen MR) is 78.4 cm³/mol. The van der Waals surface area contributed by atoms with E-state index in [1.54, 1.807) is 30.5 Å². The molecule has 0 saturated heterocycles. The Balaban J connectivity index is 1.68. The first kappa shape index (κ1) is 15.6. The number of carbonyl (C=O) groups is 1. The molecule has 0 fully saturated rings. The SMILES string of the molecule is O=C(CCCOc1ccccc1[N+](=O)[O-])NCc1ccco1. The van der Waals surface area contributed by atoms with Crippen molar-refractivity contribution >= 4 is 11.6 Å². The number of carbonyl (C=O) groups excluding carboxylic acids is 1. The van der Waals surface area contributed by atoms with Crippen LogP contribution in [0.15, 0.2) is 47.1 Å². The molecule has 0 spiro atoms. The lowest BCUT2D eigenvalue weighted by atomic mass is 10.3. The van der Waals surface area contributed by atoms with Crippen molar-refractivity contribution in [2.24, 2.45) is 0 Å². The van der Waals surface area contributed by atoms with E-state index in [1.165, 1.54) is 12.1 Å². The number of nitrogens with zero attached hydrogens (tertiary/aromatic N) is 1. The van der Waals surface area contributed by atoms with Gasteiger partial charge in [-0.25, -0.2) is 0 Å². The van der Waals surface area contributed by atoms with Gasteiger partial charge in [0.15, 0.2) is 5.75 Å². The largest absolute Gasteiger partial charge is 0.487 e. The van der Waals surface area contributed by atoms with Crippen molar-refractivity contribution in [3.63, 3.8) is 0 Å². The Morgan fingerprint density at radius 1 is 1.27 bits per heavy atom. The van der Waals surface area contributed by atoms with Crippen molar-refractivity contribution in [1.29, 1.82) is 0 Å². The van der Waals surface area contributed by atoms with Gasteiger partial charge in [0.25, 0.3) is 0 Å². The monoisotopic (exact) mass is 304 g/mol. The first-order chi connectivity index (χ1) is 10.7. The number of furan rings is 1. The van der Waals surface area contributed by atoms with Crippen LogP contribution in [0.4, 0.5) is 5.69 Å². The molecule has 116 valence electrons. The van der Waals surface area contributed by atoms with Gasteiger partial charge in [-0.1, -0.05) is 12.1 Å². The van der Waals surface area contributed by atoms with Gasteiger partial charge >= 0.3 is 5.69 Å². The van der Waals surface area contributed by atoms with E-state index in [-0.39, 0.29) is 30.4 Å². The molecule has 0 bridgehead atoms. The van der Waals surface area contributed by atoms with E-state index in [2.05, 4.69) is 5.32 Å². The maximum Gasteiger partial charge on any atom is 0.310 e. The molecule has 0 unspecified atom stereocenters. The summed E-state index contributed by atoms with van der Waals surface area (Å²) in [6.45, 7) is 0.579. The zero-order valence-electron chi connectivity index (χ0n) is 11.9. The number of nitro benzene ring substituents is 1. The summed E-state index contributed by atoms with van der Waals surface area (Å²) in [5, 5.41) is 13.5. The molecule has 2 rings (SSSR count). The van der Waals surface area contributed by atoms with Gasteiger partial charge in [-0.3, -0.25) is 14.9 Å². The van der Waals surface area contributed by atoms with Crippen LogP contribution in [-0.2, 0) is 11.3 Å². The average molecular weight is 304 g/mol. The zero-order valence-corrected chi connectivity index (χ0v) is 11.9. The molecular formula is C15H16N2O5. The molecule has 0 atom stereocenters. The Morgan fingerprint density at radius 2 is 2.09 bits per heavy atom. The summed E-state index contributed by atoms with van der Waals surface area (Å²) < 4.78 is 10.5. The molecule has 1 N–H and O–H groups in total. The number of benzene rings is 1. The molecule has 1 aromatic heterocycles. The summed E-state index contributed by atoms with van der Waals surface area (Å²) in [7, 11) is 0. The van der Waals surface area contributed by atoms with Crippen molar-refractivity contribution < 1.29 is 18.9 Å². The van der Waals surface area contributed by atoms with Gasteiger partial charge in [-0.2, -0.15) is 0 Å². The van der Waals surface area contributed by atoms with E-state index in [0.717, 1.165) is 0 Å². The maximum absolute atomic E-state index is 11.6. The molecule has 1 aromatic carbocycles. The number of hydrogen-bond acceptors (Lipinski definition) is 5. The fourth-order valence-electron chi connectivity index (χ4n) is 1.83. The van der Waals surface area contributed by atoms with E-state index >= 15 is 0 Å². The number of nitro groups is 1. The van der Waals surface area contributed by atoms with Crippen molar-refractivity contribution in [2.75, 3.05) is 6.61 Å². The summed E-state index contributed by atoms with van der Waals surface area (Å²) in [6.07, 6.45) is 2.29. The molecule has 22 heavy (non-hydrogen) atoms. The fourth-order valence-corrected chi connectivity index (χ4v) is 1.83. The second-order valence-corrected chi connectivity index (χ2v) is 4.53. The Labute approximate surface area is 127 Å². The first-order valence-corrected chi connectivity index (χ1v) is 6.82.